The Labute approximate surface area is 188 Å². The zero-order chi connectivity index (χ0) is 23.4. The average Bonchev–Trinajstić information content (AvgIpc) is 3.23. The Morgan fingerprint density at radius 3 is 2.45 bits per heavy atom. The van der Waals surface area contributed by atoms with Crippen molar-refractivity contribution in [1.29, 1.82) is 0 Å². The molecule has 1 aliphatic rings. The number of hydrogen-bond acceptors (Lipinski definition) is 7. The maximum absolute atomic E-state index is 13.1. The molecule has 0 aliphatic carbocycles. The SMILES string of the molecule is CCOC(=O)/C=C/c1ccc(CN2CCN(c3ccc4nnc(C(F)(F)F)n4n3)CC2)cc1. The number of fused-ring (bicyclic) bond motifs is 1. The van der Waals surface area contributed by atoms with E-state index in [-0.39, 0.29) is 11.6 Å². The Kier molecular flexibility index (Phi) is 6.59. The Morgan fingerprint density at radius 1 is 1.06 bits per heavy atom. The molecule has 2 aromatic heterocycles. The zero-order valence-corrected chi connectivity index (χ0v) is 18.0. The molecule has 1 saturated heterocycles. The van der Waals surface area contributed by atoms with Gasteiger partial charge in [0.2, 0.25) is 0 Å². The number of rotatable bonds is 6. The fourth-order valence-corrected chi connectivity index (χ4v) is 3.61. The first-order valence-corrected chi connectivity index (χ1v) is 10.5. The first kappa shape index (κ1) is 22.7. The van der Waals surface area contributed by atoms with Gasteiger partial charge in [-0.05, 0) is 36.3 Å². The zero-order valence-electron chi connectivity index (χ0n) is 18.0. The molecule has 0 radical (unpaired) electrons. The number of ether oxygens (including phenoxy) is 1. The highest BCUT2D eigenvalue weighted by atomic mass is 19.4. The fraction of sp³-hybridized carbons (Fsp3) is 0.364. The van der Waals surface area contributed by atoms with Crippen molar-refractivity contribution in [2.75, 3.05) is 37.7 Å². The van der Waals surface area contributed by atoms with Gasteiger partial charge in [-0.1, -0.05) is 24.3 Å². The van der Waals surface area contributed by atoms with Gasteiger partial charge in [0.1, 0.15) is 5.82 Å². The highest BCUT2D eigenvalue weighted by Crippen LogP contribution is 2.28. The standard InChI is InChI=1S/C22H23F3N6O2/c1-2-33-20(32)10-7-16-3-5-17(6-4-16)15-29-11-13-30(14-12-29)19-9-8-18-26-27-21(22(23,24)25)31(18)28-19/h3-10H,2,11-15H2,1H3/b10-7+. The second-order valence-corrected chi connectivity index (χ2v) is 7.57. The van der Waals surface area contributed by atoms with Crippen LogP contribution in [0.3, 0.4) is 0 Å². The number of nitrogens with zero attached hydrogens (tertiary/aromatic N) is 6. The third-order valence-corrected chi connectivity index (χ3v) is 5.28. The van der Waals surface area contributed by atoms with Gasteiger partial charge in [0.05, 0.1) is 6.61 Å². The van der Waals surface area contributed by atoms with Crippen LogP contribution in [0.1, 0.15) is 23.9 Å². The number of piperazine rings is 1. The summed E-state index contributed by atoms with van der Waals surface area (Å²) in [6.07, 6.45) is -1.50. The van der Waals surface area contributed by atoms with Crippen LogP contribution in [0.2, 0.25) is 0 Å². The van der Waals surface area contributed by atoms with E-state index in [1.54, 1.807) is 19.1 Å². The first-order valence-electron chi connectivity index (χ1n) is 10.5. The summed E-state index contributed by atoms with van der Waals surface area (Å²) in [4.78, 5) is 15.6. The lowest BCUT2D eigenvalue weighted by Crippen LogP contribution is -2.46. The molecule has 0 saturated carbocycles. The lowest BCUT2D eigenvalue weighted by atomic mass is 10.1. The van der Waals surface area contributed by atoms with Gasteiger partial charge in [-0.3, -0.25) is 4.90 Å². The molecule has 1 aromatic carbocycles. The third kappa shape index (κ3) is 5.48. The molecule has 0 bridgehead atoms. The number of hydrogen-bond donors (Lipinski definition) is 0. The molecule has 4 rings (SSSR count). The molecular formula is C22H23F3N6O2. The molecule has 3 heterocycles. The minimum absolute atomic E-state index is 0.0604. The van der Waals surface area contributed by atoms with Crippen molar-refractivity contribution >= 4 is 23.5 Å². The maximum Gasteiger partial charge on any atom is 0.453 e. The number of carbonyl (C=O) groups is 1. The Hall–Kier alpha value is -3.47. The molecule has 0 amide bonds. The second-order valence-electron chi connectivity index (χ2n) is 7.57. The van der Waals surface area contributed by atoms with E-state index in [1.807, 2.05) is 29.2 Å². The van der Waals surface area contributed by atoms with Crippen LogP contribution in [0.5, 0.6) is 0 Å². The molecule has 1 fully saturated rings. The van der Waals surface area contributed by atoms with Gasteiger partial charge in [-0.2, -0.15) is 17.7 Å². The molecule has 0 spiro atoms. The van der Waals surface area contributed by atoms with E-state index in [1.165, 1.54) is 12.1 Å². The minimum atomic E-state index is -4.62. The minimum Gasteiger partial charge on any atom is -0.463 e. The summed E-state index contributed by atoms with van der Waals surface area (Å²) in [5.41, 5.74) is 2.10. The molecule has 3 aromatic rings. The predicted molar refractivity (Wildman–Crippen MR) is 115 cm³/mol. The number of anilines is 1. The molecular weight excluding hydrogens is 437 g/mol. The van der Waals surface area contributed by atoms with Crippen LogP contribution < -0.4 is 4.90 Å². The molecule has 8 nitrogen and oxygen atoms in total. The Bertz CT molecular complexity index is 1140. The van der Waals surface area contributed by atoms with Crippen LogP contribution in [0.15, 0.2) is 42.5 Å². The monoisotopic (exact) mass is 460 g/mol. The number of esters is 1. The molecule has 11 heteroatoms. The highest BCUT2D eigenvalue weighted by Gasteiger charge is 2.37. The fourth-order valence-electron chi connectivity index (χ4n) is 3.61. The number of benzene rings is 1. The van der Waals surface area contributed by atoms with Crippen LogP contribution in [0.25, 0.3) is 11.7 Å². The average molecular weight is 460 g/mol. The van der Waals surface area contributed by atoms with Crippen molar-refractivity contribution in [2.45, 2.75) is 19.6 Å². The molecule has 1 aliphatic heterocycles. The summed E-state index contributed by atoms with van der Waals surface area (Å²) in [7, 11) is 0. The van der Waals surface area contributed by atoms with Crippen LogP contribution in [0, 0.1) is 0 Å². The number of alkyl halides is 3. The molecule has 174 valence electrons. The summed E-state index contributed by atoms with van der Waals surface area (Å²) < 4.78 is 44.9. The van der Waals surface area contributed by atoms with E-state index >= 15 is 0 Å². The molecule has 33 heavy (non-hydrogen) atoms. The van der Waals surface area contributed by atoms with Crippen molar-refractivity contribution in [3.8, 4) is 0 Å². The van der Waals surface area contributed by atoms with Gasteiger partial charge in [-0.25, -0.2) is 4.79 Å². The van der Waals surface area contributed by atoms with E-state index in [4.69, 9.17) is 4.74 Å². The Balaban J connectivity index is 1.34. The van der Waals surface area contributed by atoms with Crippen LogP contribution in [-0.2, 0) is 22.3 Å². The van der Waals surface area contributed by atoms with Gasteiger partial charge in [0.25, 0.3) is 5.82 Å². The summed E-state index contributed by atoms with van der Waals surface area (Å²) in [5.74, 6) is -1.03. The van der Waals surface area contributed by atoms with Crippen molar-refractivity contribution in [1.82, 2.24) is 24.7 Å². The van der Waals surface area contributed by atoms with Crippen molar-refractivity contribution in [2.24, 2.45) is 0 Å². The molecule has 0 atom stereocenters. The smallest absolute Gasteiger partial charge is 0.453 e. The Morgan fingerprint density at radius 2 is 1.79 bits per heavy atom. The number of halogens is 3. The van der Waals surface area contributed by atoms with Gasteiger partial charge in [0, 0.05) is 38.8 Å². The lowest BCUT2D eigenvalue weighted by Gasteiger charge is -2.35. The van der Waals surface area contributed by atoms with Crippen molar-refractivity contribution in [3.05, 3.63) is 59.4 Å². The van der Waals surface area contributed by atoms with E-state index in [0.717, 1.165) is 35.3 Å². The van der Waals surface area contributed by atoms with Crippen LogP contribution >= 0.6 is 0 Å². The third-order valence-electron chi connectivity index (χ3n) is 5.28. The van der Waals surface area contributed by atoms with E-state index in [2.05, 4.69) is 20.2 Å². The van der Waals surface area contributed by atoms with Gasteiger partial charge >= 0.3 is 12.1 Å². The lowest BCUT2D eigenvalue weighted by molar-refractivity contribution is -0.146. The van der Waals surface area contributed by atoms with E-state index in [9.17, 15) is 18.0 Å². The van der Waals surface area contributed by atoms with Crippen molar-refractivity contribution < 1.29 is 22.7 Å². The van der Waals surface area contributed by atoms with Gasteiger partial charge < -0.3 is 9.64 Å². The summed E-state index contributed by atoms with van der Waals surface area (Å²) >= 11 is 0. The number of aromatic nitrogens is 4. The van der Waals surface area contributed by atoms with Gasteiger partial charge in [0.15, 0.2) is 5.65 Å². The first-order chi connectivity index (χ1) is 15.8. The van der Waals surface area contributed by atoms with Crippen LogP contribution in [-0.4, -0.2) is 63.5 Å². The van der Waals surface area contributed by atoms with Gasteiger partial charge in [-0.15, -0.1) is 15.3 Å². The quantitative estimate of drug-likeness (QED) is 0.413. The van der Waals surface area contributed by atoms with E-state index in [0.29, 0.717) is 25.5 Å². The highest BCUT2D eigenvalue weighted by molar-refractivity contribution is 5.87. The summed E-state index contributed by atoms with van der Waals surface area (Å²) in [6, 6.07) is 11.1. The summed E-state index contributed by atoms with van der Waals surface area (Å²) in [5, 5.41) is 10.9. The molecule has 0 unspecified atom stereocenters. The maximum atomic E-state index is 13.1. The molecule has 0 N–H and O–H groups in total. The summed E-state index contributed by atoms with van der Waals surface area (Å²) in [6.45, 7) is 5.64. The second kappa shape index (κ2) is 9.57. The normalized spacial score (nSPS) is 15.5. The number of carbonyl (C=O) groups excluding carboxylic acids is 1. The van der Waals surface area contributed by atoms with E-state index < -0.39 is 12.0 Å². The van der Waals surface area contributed by atoms with Crippen molar-refractivity contribution in [3.63, 3.8) is 0 Å². The largest absolute Gasteiger partial charge is 0.463 e. The predicted octanol–water partition coefficient (Wildman–Crippen LogP) is 3.04. The van der Waals surface area contributed by atoms with Crippen LogP contribution in [0.4, 0.5) is 19.0 Å². The topological polar surface area (TPSA) is 75.9 Å².